The summed E-state index contributed by atoms with van der Waals surface area (Å²) in [6, 6.07) is 9.72. The van der Waals surface area contributed by atoms with E-state index in [0.717, 1.165) is 17.7 Å². The van der Waals surface area contributed by atoms with E-state index in [0.29, 0.717) is 26.9 Å². The van der Waals surface area contributed by atoms with Crippen molar-refractivity contribution >= 4 is 35.0 Å². The average Bonchev–Trinajstić information content (AvgIpc) is 2.45. The van der Waals surface area contributed by atoms with Crippen LogP contribution in [0, 0.1) is 0 Å². The van der Waals surface area contributed by atoms with E-state index >= 15 is 0 Å². The monoisotopic (exact) mass is 326 g/mol. The van der Waals surface area contributed by atoms with Crippen LogP contribution in [-0.2, 0) is 5.75 Å². The summed E-state index contributed by atoms with van der Waals surface area (Å²) in [7, 11) is 0. The second-order valence-corrected chi connectivity index (χ2v) is 6.64. The van der Waals surface area contributed by atoms with Crippen molar-refractivity contribution in [2.45, 2.75) is 31.3 Å². The number of hydrogen-bond donors (Lipinski definition) is 0. The summed E-state index contributed by atoms with van der Waals surface area (Å²) in [6.07, 6.45) is 1.12. The minimum absolute atomic E-state index is 0.413. The lowest BCUT2D eigenvalue weighted by Gasteiger charge is -2.10. The molecule has 1 aromatic heterocycles. The first kappa shape index (κ1) is 15.6. The lowest BCUT2D eigenvalue weighted by Crippen LogP contribution is -2.00. The van der Waals surface area contributed by atoms with E-state index in [2.05, 4.69) is 23.8 Å². The van der Waals surface area contributed by atoms with E-state index in [4.69, 9.17) is 23.2 Å². The van der Waals surface area contributed by atoms with Crippen molar-refractivity contribution in [3.05, 3.63) is 46.5 Å². The molecule has 0 amide bonds. The maximum atomic E-state index is 6.27. The fraction of sp³-hybridized carbons (Fsp3) is 0.333. The Hall–Kier alpha value is -0.770. The van der Waals surface area contributed by atoms with Gasteiger partial charge in [0.25, 0.3) is 0 Å². The van der Waals surface area contributed by atoms with Crippen molar-refractivity contribution in [1.82, 2.24) is 9.97 Å². The summed E-state index contributed by atoms with van der Waals surface area (Å²) in [4.78, 5) is 8.73. The summed E-state index contributed by atoms with van der Waals surface area (Å²) in [6.45, 7) is 4.35. The molecule has 0 spiro atoms. The molecule has 1 heterocycles. The first-order valence-electron chi connectivity index (χ1n) is 6.50. The molecular weight excluding hydrogens is 311 g/mol. The van der Waals surface area contributed by atoms with E-state index in [1.807, 2.05) is 30.3 Å². The minimum atomic E-state index is 0.413. The van der Waals surface area contributed by atoms with Crippen LogP contribution in [0.1, 0.15) is 26.1 Å². The van der Waals surface area contributed by atoms with Gasteiger partial charge in [-0.3, -0.25) is 0 Å². The largest absolute Gasteiger partial charge is 0.220 e. The van der Waals surface area contributed by atoms with Crippen LogP contribution >= 0.6 is 35.0 Å². The molecule has 0 radical (unpaired) electrons. The van der Waals surface area contributed by atoms with Gasteiger partial charge in [0, 0.05) is 5.25 Å². The highest BCUT2D eigenvalue weighted by molar-refractivity contribution is 7.99. The van der Waals surface area contributed by atoms with Crippen LogP contribution in [0.25, 0.3) is 11.1 Å². The van der Waals surface area contributed by atoms with E-state index in [1.165, 1.54) is 0 Å². The predicted octanol–water partition coefficient (Wildman–Crippen LogP) is 5.48. The van der Waals surface area contributed by atoms with Gasteiger partial charge in [-0.15, -0.1) is 0 Å². The zero-order valence-corrected chi connectivity index (χ0v) is 13.8. The lowest BCUT2D eigenvalue weighted by atomic mass is 10.1. The molecule has 1 atom stereocenters. The molecule has 0 aliphatic heterocycles. The minimum Gasteiger partial charge on any atom is -0.220 e. The maximum absolute atomic E-state index is 6.27. The van der Waals surface area contributed by atoms with Gasteiger partial charge in [-0.25, -0.2) is 9.97 Å². The maximum Gasteiger partial charge on any atom is 0.142 e. The Balaban J connectivity index is 2.25. The lowest BCUT2D eigenvalue weighted by molar-refractivity contribution is 0.901. The van der Waals surface area contributed by atoms with Crippen LogP contribution in [0.3, 0.4) is 0 Å². The van der Waals surface area contributed by atoms with Gasteiger partial charge < -0.3 is 0 Å². The summed E-state index contributed by atoms with van der Waals surface area (Å²) in [5.74, 6) is 1.41. The van der Waals surface area contributed by atoms with Gasteiger partial charge in [-0.1, -0.05) is 67.4 Å². The summed E-state index contributed by atoms with van der Waals surface area (Å²) >= 11 is 14.4. The number of nitrogens with zero attached hydrogens (tertiary/aromatic N) is 2. The van der Waals surface area contributed by atoms with Gasteiger partial charge in [0.15, 0.2) is 0 Å². The van der Waals surface area contributed by atoms with Crippen LogP contribution < -0.4 is 0 Å². The highest BCUT2D eigenvalue weighted by Gasteiger charge is 2.14. The first-order valence-corrected chi connectivity index (χ1v) is 8.31. The SMILES string of the molecule is CCC(C)SCc1nc(Cl)c(-c2ccccc2)c(Cl)n1. The molecular formula is C15H16Cl2N2S. The molecule has 20 heavy (non-hydrogen) atoms. The van der Waals surface area contributed by atoms with Crippen molar-refractivity contribution in [2.24, 2.45) is 0 Å². The highest BCUT2D eigenvalue weighted by atomic mass is 35.5. The Morgan fingerprint density at radius 1 is 1.10 bits per heavy atom. The second kappa shape index (κ2) is 7.30. The Labute approximate surface area is 133 Å². The standard InChI is InChI=1S/C15H16Cl2N2S/c1-3-10(2)20-9-12-18-14(16)13(15(17)19-12)11-7-5-4-6-8-11/h4-8,10H,3,9H2,1-2H3. The number of benzene rings is 1. The van der Waals surface area contributed by atoms with Gasteiger partial charge in [0.1, 0.15) is 16.1 Å². The van der Waals surface area contributed by atoms with Crippen molar-refractivity contribution < 1.29 is 0 Å². The van der Waals surface area contributed by atoms with Crippen molar-refractivity contribution in [3.8, 4) is 11.1 Å². The zero-order valence-electron chi connectivity index (χ0n) is 11.4. The number of thioether (sulfide) groups is 1. The molecule has 2 nitrogen and oxygen atoms in total. The second-order valence-electron chi connectivity index (χ2n) is 4.49. The zero-order chi connectivity index (χ0) is 14.5. The van der Waals surface area contributed by atoms with Gasteiger partial charge >= 0.3 is 0 Å². The predicted molar refractivity (Wildman–Crippen MR) is 88.5 cm³/mol. The van der Waals surface area contributed by atoms with Crippen molar-refractivity contribution in [2.75, 3.05) is 0 Å². The fourth-order valence-electron chi connectivity index (χ4n) is 1.69. The topological polar surface area (TPSA) is 25.8 Å². The molecule has 5 heteroatoms. The van der Waals surface area contributed by atoms with Crippen molar-refractivity contribution in [1.29, 1.82) is 0 Å². The molecule has 0 N–H and O–H groups in total. The van der Waals surface area contributed by atoms with E-state index in [9.17, 15) is 0 Å². The van der Waals surface area contributed by atoms with E-state index in [-0.39, 0.29) is 0 Å². The third-order valence-corrected chi connectivity index (χ3v) is 4.88. The van der Waals surface area contributed by atoms with Crippen LogP contribution in [0.4, 0.5) is 0 Å². The third-order valence-electron chi connectivity index (χ3n) is 3.00. The van der Waals surface area contributed by atoms with Crippen LogP contribution in [0.5, 0.6) is 0 Å². The Morgan fingerprint density at radius 3 is 2.25 bits per heavy atom. The Bertz CT molecular complexity index is 552. The molecule has 0 aliphatic rings. The smallest absolute Gasteiger partial charge is 0.142 e. The number of hydrogen-bond acceptors (Lipinski definition) is 3. The van der Waals surface area contributed by atoms with Gasteiger partial charge in [-0.2, -0.15) is 11.8 Å². The van der Waals surface area contributed by atoms with E-state index < -0.39 is 0 Å². The molecule has 1 unspecified atom stereocenters. The number of rotatable bonds is 5. The van der Waals surface area contributed by atoms with Crippen LogP contribution in [0.2, 0.25) is 10.3 Å². The normalized spacial score (nSPS) is 12.4. The summed E-state index contributed by atoms with van der Waals surface area (Å²) < 4.78 is 0. The summed E-state index contributed by atoms with van der Waals surface area (Å²) in [5.41, 5.74) is 1.63. The van der Waals surface area contributed by atoms with E-state index in [1.54, 1.807) is 11.8 Å². The Kier molecular flexibility index (Phi) is 5.70. The van der Waals surface area contributed by atoms with Crippen LogP contribution in [0.15, 0.2) is 30.3 Å². The fourth-order valence-corrected chi connectivity index (χ4v) is 3.13. The molecule has 0 aliphatic carbocycles. The van der Waals surface area contributed by atoms with Gasteiger partial charge in [0.05, 0.1) is 11.3 Å². The molecule has 0 saturated heterocycles. The molecule has 1 aromatic carbocycles. The molecule has 0 fully saturated rings. The highest BCUT2D eigenvalue weighted by Crippen LogP contribution is 2.32. The Morgan fingerprint density at radius 2 is 1.70 bits per heavy atom. The molecule has 2 aromatic rings. The van der Waals surface area contributed by atoms with Crippen molar-refractivity contribution in [3.63, 3.8) is 0 Å². The first-order chi connectivity index (χ1) is 9.61. The third kappa shape index (κ3) is 3.87. The molecule has 0 saturated carbocycles. The number of aromatic nitrogens is 2. The molecule has 0 bridgehead atoms. The average molecular weight is 327 g/mol. The van der Waals surface area contributed by atoms with Gasteiger partial charge in [-0.05, 0) is 12.0 Å². The summed E-state index contributed by atoms with van der Waals surface area (Å²) in [5, 5.41) is 1.40. The molecule has 106 valence electrons. The van der Waals surface area contributed by atoms with Gasteiger partial charge in [0.2, 0.25) is 0 Å². The number of halogens is 2. The molecule has 2 rings (SSSR count). The van der Waals surface area contributed by atoms with Crippen LogP contribution in [-0.4, -0.2) is 15.2 Å². The quantitative estimate of drug-likeness (QED) is 0.680.